The molecule has 3 aromatic rings. The Balaban J connectivity index is 1.79. The van der Waals surface area contributed by atoms with Crippen LogP contribution in [0.15, 0.2) is 88.2 Å². The van der Waals surface area contributed by atoms with Crippen LogP contribution in [-0.2, 0) is 0 Å². The minimum Gasteiger partial charge on any atom is -0.497 e. The number of nitrogen functional groups attached to an aromatic ring is 1. The first-order valence-electron chi connectivity index (χ1n) is 10.00. The molecule has 1 aliphatic heterocycles. The Hall–Kier alpha value is -3.93. The van der Waals surface area contributed by atoms with Crippen molar-refractivity contribution in [2.24, 2.45) is 15.2 Å². The van der Waals surface area contributed by atoms with Crippen molar-refractivity contribution in [2.75, 3.05) is 20.0 Å². The fourth-order valence-electron chi connectivity index (χ4n) is 3.42. The number of nitrogens with two attached hydrogens (primary N) is 1. The van der Waals surface area contributed by atoms with Crippen molar-refractivity contribution in [3.63, 3.8) is 0 Å². The molecular formula is C25H24N4O2. The van der Waals surface area contributed by atoms with Crippen LogP contribution in [0.25, 0.3) is 22.3 Å². The van der Waals surface area contributed by atoms with Crippen LogP contribution in [0.5, 0.6) is 11.5 Å². The van der Waals surface area contributed by atoms with E-state index in [4.69, 9.17) is 15.2 Å². The number of methoxy groups -OCH3 is 2. The highest BCUT2D eigenvalue weighted by molar-refractivity contribution is 5.93. The number of hydrogen-bond acceptors (Lipinski definition) is 6. The lowest BCUT2D eigenvalue weighted by atomic mass is 9.96. The highest BCUT2D eigenvalue weighted by atomic mass is 16.5. The van der Waals surface area contributed by atoms with Crippen LogP contribution in [0.2, 0.25) is 0 Å². The van der Waals surface area contributed by atoms with Gasteiger partial charge in [-0.05, 0) is 41.5 Å². The van der Waals surface area contributed by atoms with Crippen LogP contribution >= 0.6 is 0 Å². The summed E-state index contributed by atoms with van der Waals surface area (Å²) < 4.78 is 10.6. The van der Waals surface area contributed by atoms with E-state index in [2.05, 4.69) is 15.2 Å². The predicted octanol–water partition coefficient (Wildman–Crippen LogP) is 6.06. The van der Waals surface area contributed by atoms with Gasteiger partial charge in [0.1, 0.15) is 17.2 Å². The molecule has 0 fully saturated rings. The minimum atomic E-state index is -0.0507. The third-order valence-electron chi connectivity index (χ3n) is 5.17. The molecule has 4 rings (SSSR count). The molecule has 0 saturated heterocycles. The van der Waals surface area contributed by atoms with Gasteiger partial charge in [-0.2, -0.15) is 10.2 Å². The molecule has 0 aromatic heterocycles. The molecule has 1 unspecified atom stereocenters. The fourth-order valence-corrected chi connectivity index (χ4v) is 3.42. The average Bonchev–Trinajstić information content (AvgIpc) is 2.84. The maximum absolute atomic E-state index is 6.64. The molecule has 0 radical (unpaired) electrons. The van der Waals surface area contributed by atoms with E-state index in [1.165, 1.54) is 0 Å². The molecule has 2 N–H and O–H groups in total. The lowest BCUT2D eigenvalue weighted by molar-refractivity contribution is 0.415. The Kier molecular flexibility index (Phi) is 6.08. The van der Waals surface area contributed by atoms with Gasteiger partial charge in [-0.15, -0.1) is 0 Å². The SMILES string of the molecule is COc1ccc(-c2ccc(-c3ccc(OC)cc3)c(N=NC3C=CN=CC3)c2N)cc1. The number of nitrogens with zero attached hydrogens (tertiary/aromatic N) is 3. The maximum Gasteiger partial charge on any atom is 0.118 e. The zero-order valence-corrected chi connectivity index (χ0v) is 17.5. The van der Waals surface area contributed by atoms with E-state index in [0.29, 0.717) is 11.4 Å². The van der Waals surface area contributed by atoms with Crippen LogP contribution in [0, 0.1) is 0 Å². The number of hydrogen-bond donors (Lipinski definition) is 1. The largest absolute Gasteiger partial charge is 0.497 e. The predicted molar refractivity (Wildman–Crippen MR) is 125 cm³/mol. The van der Waals surface area contributed by atoms with Gasteiger partial charge in [-0.3, -0.25) is 4.99 Å². The Morgan fingerprint density at radius 3 is 1.97 bits per heavy atom. The first-order chi connectivity index (χ1) is 15.2. The van der Waals surface area contributed by atoms with Crippen LogP contribution in [0.3, 0.4) is 0 Å². The molecule has 0 saturated carbocycles. The van der Waals surface area contributed by atoms with E-state index in [9.17, 15) is 0 Å². The van der Waals surface area contributed by atoms with Gasteiger partial charge in [0.05, 0.1) is 25.9 Å². The van der Waals surface area contributed by atoms with Gasteiger partial charge >= 0.3 is 0 Å². The zero-order chi connectivity index (χ0) is 21.6. The number of rotatable bonds is 6. The molecule has 156 valence electrons. The molecule has 1 aliphatic rings. The van der Waals surface area contributed by atoms with Gasteiger partial charge in [-0.25, -0.2) is 0 Å². The lowest BCUT2D eigenvalue weighted by Gasteiger charge is -2.14. The molecule has 6 heteroatoms. The van der Waals surface area contributed by atoms with Crippen molar-refractivity contribution >= 4 is 17.6 Å². The third kappa shape index (κ3) is 4.48. The Morgan fingerprint density at radius 1 is 0.839 bits per heavy atom. The topological polar surface area (TPSA) is 81.6 Å². The van der Waals surface area contributed by atoms with E-state index in [1.807, 2.05) is 73.0 Å². The second kappa shape index (κ2) is 9.26. The molecule has 0 bridgehead atoms. The Labute approximate surface area is 181 Å². The van der Waals surface area contributed by atoms with Crippen molar-refractivity contribution in [2.45, 2.75) is 12.5 Å². The van der Waals surface area contributed by atoms with Crippen LogP contribution in [0.1, 0.15) is 6.42 Å². The second-order valence-electron chi connectivity index (χ2n) is 7.07. The summed E-state index contributed by atoms with van der Waals surface area (Å²) in [5.74, 6) is 1.59. The quantitative estimate of drug-likeness (QED) is 0.395. The monoisotopic (exact) mass is 412 g/mol. The lowest BCUT2D eigenvalue weighted by Crippen LogP contribution is -2.02. The average molecular weight is 412 g/mol. The molecule has 0 amide bonds. The van der Waals surface area contributed by atoms with E-state index in [0.717, 1.165) is 40.2 Å². The van der Waals surface area contributed by atoms with Crippen molar-refractivity contribution in [1.82, 2.24) is 0 Å². The van der Waals surface area contributed by atoms with Crippen LogP contribution in [-0.4, -0.2) is 26.5 Å². The van der Waals surface area contributed by atoms with Crippen molar-refractivity contribution in [1.29, 1.82) is 0 Å². The fraction of sp³-hybridized carbons (Fsp3) is 0.160. The van der Waals surface area contributed by atoms with Gasteiger partial charge in [0.2, 0.25) is 0 Å². The number of anilines is 1. The molecule has 3 aromatic carbocycles. The summed E-state index contributed by atoms with van der Waals surface area (Å²) in [6.45, 7) is 0. The van der Waals surface area contributed by atoms with Crippen LogP contribution in [0.4, 0.5) is 11.4 Å². The van der Waals surface area contributed by atoms with Gasteiger partial charge < -0.3 is 15.2 Å². The number of aliphatic imine (C=N–C) groups is 1. The van der Waals surface area contributed by atoms with Gasteiger partial charge in [-0.1, -0.05) is 36.4 Å². The summed E-state index contributed by atoms with van der Waals surface area (Å²) >= 11 is 0. The second-order valence-corrected chi connectivity index (χ2v) is 7.07. The number of benzene rings is 3. The number of azo groups is 1. The van der Waals surface area contributed by atoms with Gasteiger partial charge in [0.15, 0.2) is 0 Å². The number of ether oxygens (including phenoxy) is 2. The van der Waals surface area contributed by atoms with E-state index < -0.39 is 0 Å². The zero-order valence-electron chi connectivity index (χ0n) is 17.5. The highest BCUT2D eigenvalue weighted by Crippen LogP contribution is 2.42. The molecule has 1 atom stereocenters. The Bertz CT molecular complexity index is 1130. The van der Waals surface area contributed by atoms with Crippen molar-refractivity contribution < 1.29 is 9.47 Å². The summed E-state index contributed by atoms with van der Waals surface area (Å²) in [4.78, 5) is 4.10. The first-order valence-corrected chi connectivity index (χ1v) is 10.00. The van der Waals surface area contributed by atoms with E-state index in [-0.39, 0.29) is 6.04 Å². The smallest absolute Gasteiger partial charge is 0.118 e. The normalized spacial score (nSPS) is 15.4. The highest BCUT2D eigenvalue weighted by Gasteiger charge is 2.15. The van der Waals surface area contributed by atoms with Gasteiger partial charge in [0, 0.05) is 30.0 Å². The van der Waals surface area contributed by atoms with E-state index in [1.54, 1.807) is 20.4 Å². The molecule has 0 spiro atoms. The molecule has 0 aliphatic carbocycles. The third-order valence-corrected chi connectivity index (χ3v) is 5.17. The molecular weight excluding hydrogens is 388 g/mol. The van der Waals surface area contributed by atoms with Crippen molar-refractivity contribution in [3.8, 4) is 33.8 Å². The molecule has 1 heterocycles. The summed E-state index contributed by atoms with van der Waals surface area (Å²) in [6.07, 6.45) is 6.23. The molecule has 31 heavy (non-hydrogen) atoms. The maximum atomic E-state index is 6.64. The molecule has 6 nitrogen and oxygen atoms in total. The van der Waals surface area contributed by atoms with Gasteiger partial charge in [0.25, 0.3) is 0 Å². The summed E-state index contributed by atoms with van der Waals surface area (Å²) in [5.41, 5.74) is 11.7. The van der Waals surface area contributed by atoms with Crippen molar-refractivity contribution in [3.05, 3.63) is 72.9 Å². The summed E-state index contributed by atoms with van der Waals surface area (Å²) in [5, 5.41) is 9.12. The van der Waals surface area contributed by atoms with E-state index >= 15 is 0 Å². The summed E-state index contributed by atoms with van der Waals surface area (Å²) in [7, 11) is 3.30. The Morgan fingerprint density at radius 2 is 1.42 bits per heavy atom. The summed E-state index contributed by atoms with van der Waals surface area (Å²) in [6, 6.07) is 19.6. The minimum absolute atomic E-state index is 0.0507. The first kappa shape index (κ1) is 20.3. The van der Waals surface area contributed by atoms with Crippen LogP contribution < -0.4 is 15.2 Å². The standard InChI is InChI=1S/C25H24N4O2/c1-30-20-7-3-17(4-8-20)22-11-12-23(18-5-9-21(31-2)10-6-18)25(24(22)26)29-28-19-13-15-27-16-14-19/h3-13,15-16,19H,14,26H2,1-2H3.